The molecular weight excluding hydrogens is 240 g/mol. The van der Waals surface area contributed by atoms with Gasteiger partial charge in [-0.15, -0.1) is 0 Å². The zero-order valence-corrected chi connectivity index (χ0v) is 11.5. The van der Waals surface area contributed by atoms with E-state index in [0.717, 1.165) is 25.7 Å². The SMILES string of the molecule is CC(C)OCCS(=O)(=O)NC1CCC(N)CC1. The van der Waals surface area contributed by atoms with Crippen LogP contribution in [0.2, 0.25) is 0 Å². The van der Waals surface area contributed by atoms with Gasteiger partial charge in [-0.2, -0.15) is 0 Å². The van der Waals surface area contributed by atoms with Crippen molar-refractivity contribution in [1.29, 1.82) is 0 Å². The van der Waals surface area contributed by atoms with Crippen LogP contribution in [0.4, 0.5) is 0 Å². The van der Waals surface area contributed by atoms with Crippen LogP contribution in [0.25, 0.3) is 0 Å². The number of hydrogen-bond donors (Lipinski definition) is 2. The molecule has 0 radical (unpaired) electrons. The first-order valence-corrected chi connectivity index (χ1v) is 7.91. The third-order valence-corrected chi connectivity index (χ3v) is 4.32. The van der Waals surface area contributed by atoms with E-state index in [0.29, 0.717) is 0 Å². The van der Waals surface area contributed by atoms with Crippen LogP contribution >= 0.6 is 0 Å². The summed E-state index contributed by atoms with van der Waals surface area (Å²) >= 11 is 0. The topological polar surface area (TPSA) is 81.4 Å². The maximum Gasteiger partial charge on any atom is 0.214 e. The van der Waals surface area contributed by atoms with E-state index in [4.69, 9.17) is 10.5 Å². The molecule has 5 nitrogen and oxygen atoms in total. The number of rotatable bonds is 6. The molecule has 0 spiro atoms. The van der Waals surface area contributed by atoms with Gasteiger partial charge in [-0.1, -0.05) is 0 Å². The Hall–Kier alpha value is -0.170. The van der Waals surface area contributed by atoms with Crippen LogP contribution in [-0.2, 0) is 14.8 Å². The molecule has 102 valence electrons. The smallest absolute Gasteiger partial charge is 0.214 e. The van der Waals surface area contributed by atoms with Gasteiger partial charge in [0.2, 0.25) is 10.0 Å². The molecule has 0 aromatic rings. The first-order chi connectivity index (χ1) is 7.89. The lowest BCUT2D eigenvalue weighted by molar-refractivity contribution is 0.0911. The Morgan fingerprint density at radius 3 is 2.41 bits per heavy atom. The molecule has 0 bridgehead atoms. The van der Waals surface area contributed by atoms with Crippen LogP contribution in [0.3, 0.4) is 0 Å². The van der Waals surface area contributed by atoms with Crippen molar-refractivity contribution in [2.75, 3.05) is 12.4 Å². The van der Waals surface area contributed by atoms with Gasteiger partial charge in [-0.25, -0.2) is 13.1 Å². The second-order valence-electron chi connectivity index (χ2n) is 4.97. The number of hydrogen-bond acceptors (Lipinski definition) is 4. The van der Waals surface area contributed by atoms with Gasteiger partial charge in [0.1, 0.15) is 0 Å². The Morgan fingerprint density at radius 1 is 1.29 bits per heavy atom. The molecule has 6 heteroatoms. The van der Waals surface area contributed by atoms with Gasteiger partial charge in [0, 0.05) is 12.1 Å². The Morgan fingerprint density at radius 2 is 1.88 bits per heavy atom. The predicted molar refractivity (Wildman–Crippen MR) is 68.2 cm³/mol. The molecule has 0 heterocycles. The molecule has 0 unspecified atom stereocenters. The van der Waals surface area contributed by atoms with Crippen molar-refractivity contribution in [3.8, 4) is 0 Å². The van der Waals surface area contributed by atoms with Crippen molar-refractivity contribution < 1.29 is 13.2 Å². The molecule has 0 saturated heterocycles. The summed E-state index contributed by atoms with van der Waals surface area (Å²) < 4.78 is 31.4. The summed E-state index contributed by atoms with van der Waals surface area (Å²) in [5.74, 6) is 0.0354. The van der Waals surface area contributed by atoms with E-state index in [-0.39, 0.29) is 30.5 Å². The Bertz CT molecular complexity index is 309. The fourth-order valence-corrected chi connectivity index (χ4v) is 3.12. The Labute approximate surface area is 104 Å². The summed E-state index contributed by atoms with van der Waals surface area (Å²) in [6, 6.07) is 0.291. The van der Waals surface area contributed by atoms with Gasteiger partial charge < -0.3 is 10.5 Å². The quantitative estimate of drug-likeness (QED) is 0.736. The van der Waals surface area contributed by atoms with E-state index in [9.17, 15) is 8.42 Å². The van der Waals surface area contributed by atoms with Crippen molar-refractivity contribution in [3.63, 3.8) is 0 Å². The van der Waals surface area contributed by atoms with Crippen LogP contribution in [0.1, 0.15) is 39.5 Å². The largest absolute Gasteiger partial charge is 0.378 e. The van der Waals surface area contributed by atoms with Crippen molar-refractivity contribution in [1.82, 2.24) is 4.72 Å². The standard InChI is InChI=1S/C11H24N2O3S/c1-9(2)16-7-8-17(14,15)13-11-5-3-10(12)4-6-11/h9-11,13H,3-8,12H2,1-2H3. The molecule has 1 aliphatic rings. The predicted octanol–water partition coefficient (Wildman–Crippen LogP) is 0.601. The van der Waals surface area contributed by atoms with Gasteiger partial charge >= 0.3 is 0 Å². The second-order valence-corrected chi connectivity index (χ2v) is 6.84. The minimum atomic E-state index is -3.21. The lowest BCUT2D eigenvalue weighted by atomic mass is 9.93. The van der Waals surface area contributed by atoms with Crippen LogP contribution in [0, 0.1) is 0 Å². The average molecular weight is 264 g/mol. The molecule has 17 heavy (non-hydrogen) atoms. The maximum atomic E-state index is 11.7. The molecule has 1 saturated carbocycles. The van der Waals surface area contributed by atoms with E-state index in [1.165, 1.54) is 0 Å². The number of nitrogens with one attached hydrogen (secondary N) is 1. The highest BCUT2D eigenvalue weighted by atomic mass is 32.2. The minimum Gasteiger partial charge on any atom is -0.378 e. The van der Waals surface area contributed by atoms with Gasteiger partial charge in [0.15, 0.2) is 0 Å². The lowest BCUT2D eigenvalue weighted by Gasteiger charge is -2.26. The first kappa shape index (κ1) is 14.9. The number of sulfonamides is 1. The van der Waals surface area contributed by atoms with Crippen LogP contribution in [-0.4, -0.2) is 39.0 Å². The molecule has 0 atom stereocenters. The van der Waals surface area contributed by atoms with E-state index in [2.05, 4.69) is 4.72 Å². The number of ether oxygens (including phenoxy) is 1. The van der Waals surface area contributed by atoms with Crippen molar-refractivity contribution in [2.24, 2.45) is 5.73 Å². The third-order valence-electron chi connectivity index (χ3n) is 2.92. The van der Waals surface area contributed by atoms with Crippen LogP contribution in [0.5, 0.6) is 0 Å². The molecule has 1 aliphatic carbocycles. The molecule has 3 N–H and O–H groups in total. The summed E-state index contributed by atoms with van der Waals surface area (Å²) in [5.41, 5.74) is 5.78. The van der Waals surface area contributed by atoms with Gasteiger partial charge in [0.25, 0.3) is 0 Å². The highest BCUT2D eigenvalue weighted by Gasteiger charge is 2.22. The number of nitrogens with two attached hydrogens (primary N) is 1. The average Bonchev–Trinajstić information content (AvgIpc) is 2.20. The minimum absolute atomic E-state index is 0.0354. The summed E-state index contributed by atoms with van der Waals surface area (Å²) in [7, 11) is -3.21. The molecule has 1 fully saturated rings. The molecular formula is C11H24N2O3S. The Kier molecular flexibility index (Phi) is 5.85. The Balaban J connectivity index is 2.28. The van der Waals surface area contributed by atoms with Gasteiger partial charge in [0.05, 0.1) is 18.5 Å². The van der Waals surface area contributed by atoms with Gasteiger partial charge in [-0.3, -0.25) is 0 Å². The molecule has 0 amide bonds. The fourth-order valence-electron chi connectivity index (χ4n) is 1.94. The van der Waals surface area contributed by atoms with E-state index >= 15 is 0 Å². The maximum absolute atomic E-state index is 11.7. The van der Waals surface area contributed by atoms with Crippen molar-refractivity contribution >= 4 is 10.0 Å². The molecule has 0 aromatic heterocycles. The monoisotopic (exact) mass is 264 g/mol. The summed E-state index contributed by atoms with van der Waals surface area (Å²) in [4.78, 5) is 0. The summed E-state index contributed by atoms with van der Waals surface area (Å²) in [5, 5.41) is 0. The lowest BCUT2D eigenvalue weighted by Crippen LogP contribution is -2.41. The zero-order chi connectivity index (χ0) is 12.9. The van der Waals surface area contributed by atoms with Gasteiger partial charge in [-0.05, 0) is 39.5 Å². The summed E-state index contributed by atoms with van der Waals surface area (Å²) in [6.45, 7) is 4.03. The molecule has 0 aliphatic heterocycles. The van der Waals surface area contributed by atoms with Crippen molar-refractivity contribution in [2.45, 2.75) is 57.7 Å². The normalized spacial score (nSPS) is 26.4. The van der Waals surface area contributed by atoms with E-state index in [1.807, 2.05) is 13.8 Å². The zero-order valence-electron chi connectivity index (χ0n) is 10.7. The van der Waals surface area contributed by atoms with E-state index in [1.54, 1.807) is 0 Å². The second kappa shape index (κ2) is 6.68. The highest BCUT2D eigenvalue weighted by molar-refractivity contribution is 7.89. The summed E-state index contributed by atoms with van der Waals surface area (Å²) in [6.07, 6.45) is 3.54. The molecule has 0 aromatic carbocycles. The fraction of sp³-hybridized carbons (Fsp3) is 1.00. The molecule has 1 rings (SSSR count). The van der Waals surface area contributed by atoms with Crippen LogP contribution in [0.15, 0.2) is 0 Å². The van der Waals surface area contributed by atoms with Crippen molar-refractivity contribution in [3.05, 3.63) is 0 Å². The van der Waals surface area contributed by atoms with E-state index < -0.39 is 10.0 Å². The highest BCUT2D eigenvalue weighted by Crippen LogP contribution is 2.17. The third kappa shape index (κ3) is 6.35. The first-order valence-electron chi connectivity index (χ1n) is 6.26. The van der Waals surface area contributed by atoms with Crippen LogP contribution < -0.4 is 10.5 Å².